The summed E-state index contributed by atoms with van der Waals surface area (Å²) in [6.45, 7) is 11.7. The molecule has 14 heterocycles. The number of hydrogen-bond acceptors (Lipinski definition) is 15. The van der Waals surface area contributed by atoms with Crippen LogP contribution in [0.15, 0.2) is 238 Å². The fraction of sp³-hybridized carbons (Fsp3) is 0.346. The number of halogens is 4. The smallest absolute Gasteiger partial charge is 0.239 e. The summed E-state index contributed by atoms with van der Waals surface area (Å²) < 4.78 is 72.9. The predicted octanol–water partition coefficient (Wildman–Crippen LogP) is 16.1. The van der Waals surface area contributed by atoms with Gasteiger partial charge in [-0.3, -0.25) is 47.7 Å². The van der Waals surface area contributed by atoms with E-state index in [0.717, 1.165) is 174 Å². The quantitative estimate of drug-likeness (QED) is 0.0779. The van der Waals surface area contributed by atoms with Gasteiger partial charge in [0, 0.05) is 164 Å². The highest BCUT2D eigenvalue weighted by Crippen LogP contribution is 2.54. The minimum atomic E-state index is -0.679. The van der Waals surface area contributed by atoms with Crippen molar-refractivity contribution in [1.29, 1.82) is 0 Å². The van der Waals surface area contributed by atoms with Gasteiger partial charge in [-0.25, -0.2) is 27.5 Å². The third kappa shape index (κ3) is 15.9. The maximum Gasteiger partial charge on any atom is 0.239 e. The first kappa shape index (κ1) is 86.0. The average Bonchev–Trinajstić information content (AvgIpc) is 1.58. The summed E-state index contributed by atoms with van der Waals surface area (Å²) in [7, 11) is 7.55. The topological polar surface area (TPSA) is 200 Å². The maximum atomic E-state index is 15.3. The van der Waals surface area contributed by atoms with Crippen molar-refractivity contribution in [2.45, 2.75) is 138 Å². The van der Waals surface area contributed by atoms with E-state index >= 15 is 13.2 Å². The van der Waals surface area contributed by atoms with Gasteiger partial charge >= 0.3 is 0 Å². The highest BCUT2D eigenvalue weighted by atomic mass is 19.1. The van der Waals surface area contributed by atoms with Crippen LogP contribution in [0.5, 0.6) is 0 Å². The molecule has 5 saturated heterocycles. The second-order valence-corrected chi connectivity index (χ2v) is 37.0. The molecule has 13 aromatic rings. The van der Waals surface area contributed by atoms with Crippen molar-refractivity contribution in [3.05, 3.63) is 306 Å². The first-order valence-corrected chi connectivity index (χ1v) is 45.7. The molecular formula is C104H106F4N18O5. The first-order valence-electron chi connectivity index (χ1n) is 45.7. The fourth-order valence-electron chi connectivity index (χ4n) is 21.9. The molecule has 23 rings (SSSR count). The van der Waals surface area contributed by atoms with Gasteiger partial charge in [0.2, 0.25) is 29.6 Å². The number of anilines is 5. The third-order valence-electron chi connectivity index (χ3n) is 29.0. The second kappa shape index (κ2) is 35.3. The summed E-state index contributed by atoms with van der Waals surface area (Å²) in [6, 6.07) is 55.8. The largest absolute Gasteiger partial charge is 0.378 e. The van der Waals surface area contributed by atoms with Crippen LogP contribution in [0.4, 0.5) is 46.3 Å². The van der Waals surface area contributed by atoms with Crippen LogP contribution in [0.1, 0.15) is 116 Å². The molecule has 1 saturated carbocycles. The number of piperidine rings is 1. The summed E-state index contributed by atoms with van der Waals surface area (Å²) in [5.41, 5.74) is 14.4. The molecule has 670 valence electrons. The number of benzene rings is 8. The lowest BCUT2D eigenvalue weighted by molar-refractivity contribution is -0.127. The zero-order chi connectivity index (χ0) is 90.0. The Labute approximate surface area is 759 Å². The Balaban J connectivity index is 0.000000109. The minimum Gasteiger partial charge on any atom is -0.378 e. The third-order valence-corrected chi connectivity index (χ3v) is 29.0. The van der Waals surface area contributed by atoms with Gasteiger partial charge in [-0.2, -0.15) is 20.4 Å². The summed E-state index contributed by atoms with van der Waals surface area (Å²) in [4.78, 5) is 80.3. The monoisotopic (exact) mass is 1760 g/mol. The van der Waals surface area contributed by atoms with Crippen molar-refractivity contribution in [3.8, 4) is 44.5 Å². The van der Waals surface area contributed by atoms with Crippen LogP contribution < -0.4 is 24.5 Å². The van der Waals surface area contributed by atoms with Gasteiger partial charge in [-0.15, -0.1) is 0 Å². The normalized spacial score (nSPS) is 20.9. The number of carbonyl (C=O) groups is 4. The number of aromatic nitrogens is 10. The van der Waals surface area contributed by atoms with Crippen molar-refractivity contribution in [1.82, 2.24) is 63.8 Å². The fourth-order valence-corrected chi connectivity index (χ4v) is 21.9. The number of likely N-dealkylation sites (N-methyl/N-ethyl adjacent to an activating group) is 1. The standard InChI is InChI=1S/C29H33FN4O.C26H23FN6O.C26H27FN4O2.C23H23FN4O/c1-2-14-33-18-23(17-31-33)21-11-12-22(26(30)16-21)19-34-27-10-6-5-9-25(27)29(28(34)35)13-15-32(20-29)24-7-3-4-8-24;1-31-15-20(14-30-31)18-7-8-19(22(27)13-18)16-33-23-6-3-2-5-21(23)26(24(33)34)9-12-32(17-26)25-28-10-4-11-29-25;1-29-14-20(13-28-29)18-6-7-19(23(27)12-18)15-31-24-5-3-2-4-22(24)26(25(31)32)8-10-30(11-9-26)21-16-33-17-21;1-26-10-9-23(15-26)19-5-3-4-6-21(19)28(22(23)29)14-17-8-7-16(11-20(17)24)18-12-25-27(2)13-18/h5-6,9-12,16-18,24H,2-4,7-8,13-15,19-20H2,1H3;2-8,10-11,13-15H,9,12,16-17H2,1H3;2-7,12-14,21H,8-11,15-17H2,1H3;3-8,11-13H,9-10,14-15H2,1-2H3. The maximum absolute atomic E-state index is 15.3. The number of carbonyl (C=O) groups excluding carboxylic acids is 4. The number of hydrogen-bond donors (Lipinski definition) is 0. The molecule has 6 fully saturated rings. The summed E-state index contributed by atoms with van der Waals surface area (Å²) in [6.07, 6.45) is 27.8. The Morgan fingerprint density at radius 3 is 1.11 bits per heavy atom. The highest BCUT2D eigenvalue weighted by Gasteiger charge is 2.59. The Hall–Kier alpha value is -13.1. The molecule has 3 unspecified atom stereocenters. The van der Waals surface area contributed by atoms with Crippen molar-refractivity contribution in [2.75, 3.05) is 97.1 Å². The van der Waals surface area contributed by atoms with E-state index in [0.29, 0.717) is 66.3 Å². The van der Waals surface area contributed by atoms with E-state index in [1.54, 1.807) is 96.3 Å². The Bertz CT molecular complexity index is 6490. The van der Waals surface area contributed by atoms with E-state index in [1.807, 2.05) is 178 Å². The van der Waals surface area contributed by atoms with Gasteiger partial charge in [0.15, 0.2) is 0 Å². The van der Waals surface area contributed by atoms with E-state index in [9.17, 15) is 23.6 Å². The Morgan fingerprint density at radius 1 is 0.374 bits per heavy atom. The number of aryl methyl sites for hydroxylation is 4. The first-order chi connectivity index (χ1) is 63.7. The van der Waals surface area contributed by atoms with Crippen LogP contribution in [-0.4, -0.2) is 172 Å². The minimum absolute atomic E-state index is 0.00265. The van der Waals surface area contributed by atoms with Gasteiger partial charge in [-0.05, 0) is 184 Å². The lowest BCUT2D eigenvalue weighted by Gasteiger charge is -2.44. The van der Waals surface area contributed by atoms with Gasteiger partial charge in [0.25, 0.3) is 0 Å². The van der Waals surface area contributed by atoms with Crippen LogP contribution in [0.2, 0.25) is 0 Å². The van der Waals surface area contributed by atoms with Crippen LogP contribution in [-0.2, 0) is 99.4 Å². The van der Waals surface area contributed by atoms with Crippen LogP contribution in [0.25, 0.3) is 44.5 Å². The number of ether oxygens (including phenoxy) is 1. The molecule has 4 amide bonds. The van der Waals surface area contributed by atoms with Crippen molar-refractivity contribution < 1.29 is 41.5 Å². The van der Waals surface area contributed by atoms with Crippen LogP contribution >= 0.6 is 0 Å². The molecule has 9 aliphatic heterocycles. The van der Waals surface area contributed by atoms with Crippen LogP contribution in [0, 0.1) is 23.3 Å². The molecule has 27 heteroatoms. The van der Waals surface area contributed by atoms with Gasteiger partial charge in [-0.1, -0.05) is 141 Å². The lowest BCUT2D eigenvalue weighted by Crippen LogP contribution is -2.56. The summed E-state index contributed by atoms with van der Waals surface area (Å²) in [5, 5.41) is 16.8. The molecule has 8 aromatic carbocycles. The van der Waals surface area contributed by atoms with E-state index in [-0.39, 0.29) is 73.1 Å². The molecule has 23 nitrogen and oxygen atoms in total. The number of fused-ring (bicyclic) bond motifs is 8. The van der Waals surface area contributed by atoms with Crippen molar-refractivity contribution >= 4 is 52.3 Å². The predicted molar refractivity (Wildman–Crippen MR) is 496 cm³/mol. The molecule has 3 atom stereocenters. The molecule has 4 spiro atoms. The summed E-state index contributed by atoms with van der Waals surface area (Å²) in [5.74, 6) is -0.285. The van der Waals surface area contributed by atoms with E-state index in [1.165, 1.54) is 43.9 Å². The number of nitrogens with zero attached hydrogens (tertiary/aromatic N) is 18. The van der Waals surface area contributed by atoms with Crippen LogP contribution in [0.3, 0.4) is 0 Å². The van der Waals surface area contributed by atoms with E-state index < -0.39 is 21.7 Å². The molecule has 10 aliphatic rings. The van der Waals surface area contributed by atoms with Crippen molar-refractivity contribution in [2.24, 2.45) is 21.1 Å². The van der Waals surface area contributed by atoms with Crippen molar-refractivity contribution in [3.63, 3.8) is 0 Å². The van der Waals surface area contributed by atoms with E-state index in [4.69, 9.17) is 4.74 Å². The Kier molecular flexibility index (Phi) is 23.2. The zero-order valence-corrected chi connectivity index (χ0v) is 74.5. The number of amides is 4. The SMILES string of the molecule is CCCn1cc(-c2ccc(CN3C(=O)C4(CCN(C5CCCC5)C4)c4ccccc43)c(F)c2)cn1.CN1CCC2(C1)C(=O)N(Cc1ccc(-c3cnn(C)c3)cc1F)c1ccccc12.Cn1cc(-c2ccc(CN3C(=O)C4(CCN(C5COC5)CC4)c4ccccc43)c(F)c2)cn1.Cn1cc(-c2ccc(CN3C(=O)C4(CCN(c5ncccn5)C4)c4ccccc43)c(F)c2)cn1. The second-order valence-electron chi connectivity index (χ2n) is 37.0. The highest BCUT2D eigenvalue weighted by molar-refractivity contribution is 6.11. The average molecular weight is 1760 g/mol. The molecule has 0 radical (unpaired) electrons. The molecule has 131 heavy (non-hydrogen) atoms. The molecule has 0 bridgehead atoms. The number of rotatable bonds is 17. The number of para-hydroxylation sites is 4. The molecule has 0 N–H and O–H groups in total. The Morgan fingerprint density at radius 2 is 0.733 bits per heavy atom. The van der Waals surface area contributed by atoms with E-state index in [2.05, 4.69) is 69.0 Å². The zero-order valence-electron chi connectivity index (χ0n) is 74.5. The van der Waals surface area contributed by atoms with Gasteiger partial charge in [0.05, 0.1) is 91.9 Å². The van der Waals surface area contributed by atoms with Gasteiger partial charge < -0.3 is 34.1 Å². The molecule has 5 aromatic heterocycles. The number of likely N-dealkylation sites (tertiary alicyclic amines) is 3. The lowest BCUT2D eigenvalue weighted by atomic mass is 9.73. The summed E-state index contributed by atoms with van der Waals surface area (Å²) >= 11 is 0. The molecule has 1 aliphatic carbocycles. The molecular weight excluding hydrogens is 1660 g/mol. The van der Waals surface area contributed by atoms with Gasteiger partial charge in [0.1, 0.15) is 23.3 Å².